The average Bonchev–Trinajstić information content (AvgIpc) is 3.03. The number of aromatic nitrogens is 4. The molecule has 0 bridgehead atoms. The SMILES string of the molecule is Cc1ccc(OCC2CCN(C(=O)c3cn(C)nc3C(F)F)CC2)nn1. The van der Waals surface area contributed by atoms with Crippen molar-refractivity contribution in [3.05, 3.63) is 35.3 Å². The monoisotopic (exact) mass is 365 g/mol. The van der Waals surface area contributed by atoms with Crippen molar-refractivity contribution in [1.82, 2.24) is 24.9 Å². The molecule has 0 N–H and O–H groups in total. The molecular formula is C17H21F2N5O2. The van der Waals surface area contributed by atoms with Crippen LogP contribution in [0.2, 0.25) is 0 Å². The fourth-order valence-corrected chi connectivity index (χ4v) is 2.97. The molecule has 2 aromatic heterocycles. The van der Waals surface area contributed by atoms with Crippen molar-refractivity contribution in [2.45, 2.75) is 26.2 Å². The second-order valence-electron chi connectivity index (χ2n) is 6.46. The molecule has 3 heterocycles. The second-order valence-corrected chi connectivity index (χ2v) is 6.46. The Morgan fingerprint density at radius 2 is 2.04 bits per heavy atom. The molecule has 1 amide bonds. The number of nitrogens with zero attached hydrogens (tertiary/aromatic N) is 5. The normalized spacial score (nSPS) is 15.5. The number of alkyl halides is 2. The number of hydrogen-bond acceptors (Lipinski definition) is 5. The summed E-state index contributed by atoms with van der Waals surface area (Å²) in [7, 11) is 1.53. The highest BCUT2D eigenvalue weighted by atomic mass is 19.3. The van der Waals surface area contributed by atoms with Gasteiger partial charge in [0.25, 0.3) is 12.3 Å². The Balaban J connectivity index is 1.53. The molecule has 1 aliphatic rings. The Labute approximate surface area is 150 Å². The molecule has 0 radical (unpaired) electrons. The van der Waals surface area contributed by atoms with Gasteiger partial charge in [0, 0.05) is 32.4 Å². The molecule has 9 heteroatoms. The summed E-state index contributed by atoms with van der Waals surface area (Å²) in [6.45, 7) is 3.36. The lowest BCUT2D eigenvalue weighted by Gasteiger charge is -2.31. The van der Waals surface area contributed by atoms with Gasteiger partial charge in [-0.05, 0) is 31.7 Å². The first-order chi connectivity index (χ1) is 12.4. The van der Waals surface area contributed by atoms with Crippen molar-refractivity contribution in [2.75, 3.05) is 19.7 Å². The molecule has 2 aromatic rings. The van der Waals surface area contributed by atoms with E-state index in [1.807, 2.05) is 13.0 Å². The third-order valence-corrected chi connectivity index (χ3v) is 4.44. The molecule has 140 valence electrons. The van der Waals surface area contributed by atoms with Gasteiger partial charge >= 0.3 is 0 Å². The summed E-state index contributed by atoms with van der Waals surface area (Å²) < 4.78 is 33.0. The van der Waals surface area contributed by atoms with Gasteiger partial charge in [0.2, 0.25) is 5.88 Å². The van der Waals surface area contributed by atoms with Crippen LogP contribution in [0, 0.1) is 12.8 Å². The van der Waals surface area contributed by atoms with Crippen LogP contribution in [0.5, 0.6) is 5.88 Å². The highest BCUT2D eigenvalue weighted by molar-refractivity contribution is 5.95. The van der Waals surface area contributed by atoms with Crippen LogP contribution in [0.3, 0.4) is 0 Å². The van der Waals surface area contributed by atoms with Crippen molar-refractivity contribution in [3.63, 3.8) is 0 Å². The third kappa shape index (κ3) is 4.14. The van der Waals surface area contributed by atoms with Crippen LogP contribution in [0.4, 0.5) is 8.78 Å². The van der Waals surface area contributed by atoms with Crippen molar-refractivity contribution >= 4 is 5.91 Å². The van der Waals surface area contributed by atoms with Crippen LogP contribution >= 0.6 is 0 Å². The minimum atomic E-state index is -2.77. The van der Waals surface area contributed by atoms with Gasteiger partial charge in [0.1, 0.15) is 5.69 Å². The van der Waals surface area contributed by atoms with E-state index in [4.69, 9.17) is 4.74 Å². The number of amides is 1. The Morgan fingerprint density at radius 1 is 1.31 bits per heavy atom. The van der Waals surface area contributed by atoms with E-state index in [1.54, 1.807) is 11.0 Å². The quantitative estimate of drug-likeness (QED) is 0.813. The van der Waals surface area contributed by atoms with Gasteiger partial charge in [-0.3, -0.25) is 9.48 Å². The van der Waals surface area contributed by atoms with Crippen LogP contribution in [0.15, 0.2) is 18.3 Å². The number of carbonyl (C=O) groups is 1. The maximum atomic E-state index is 13.0. The molecule has 1 aliphatic heterocycles. The number of ether oxygens (including phenoxy) is 1. The zero-order valence-electron chi connectivity index (χ0n) is 14.7. The molecule has 3 rings (SSSR count). The molecule has 1 saturated heterocycles. The summed E-state index contributed by atoms with van der Waals surface area (Å²) in [5.41, 5.74) is 0.343. The van der Waals surface area contributed by atoms with E-state index in [0.717, 1.165) is 18.5 Å². The molecule has 0 unspecified atom stereocenters. The standard InChI is InChI=1S/C17H21F2N5O2/c1-11-3-4-14(21-20-11)26-10-12-5-7-24(8-6-12)17(25)13-9-23(2)22-15(13)16(18)19/h3-4,9,12,16H,5-8,10H2,1-2H3. The first-order valence-electron chi connectivity index (χ1n) is 8.48. The lowest BCUT2D eigenvalue weighted by atomic mass is 9.97. The molecule has 7 nitrogen and oxygen atoms in total. The predicted molar refractivity (Wildman–Crippen MR) is 89.1 cm³/mol. The van der Waals surface area contributed by atoms with Gasteiger partial charge in [-0.15, -0.1) is 5.10 Å². The second kappa shape index (κ2) is 7.76. The van der Waals surface area contributed by atoms with Crippen LogP contribution in [0.25, 0.3) is 0 Å². The number of rotatable bonds is 5. The first kappa shape index (κ1) is 18.2. The maximum Gasteiger partial charge on any atom is 0.282 e. The number of halogens is 2. The van der Waals surface area contributed by atoms with E-state index in [9.17, 15) is 13.6 Å². The molecule has 0 aromatic carbocycles. The smallest absolute Gasteiger partial charge is 0.282 e. The number of aryl methyl sites for hydroxylation is 2. The summed E-state index contributed by atoms with van der Waals surface area (Å²) in [4.78, 5) is 14.1. The number of piperidine rings is 1. The van der Waals surface area contributed by atoms with E-state index >= 15 is 0 Å². The van der Waals surface area contributed by atoms with E-state index in [2.05, 4.69) is 15.3 Å². The van der Waals surface area contributed by atoms with Gasteiger partial charge in [-0.2, -0.15) is 10.2 Å². The topological polar surface area (TPSA) is 73.1 Å². The fraction of sp³-hybridized carbons (Fsp3) is 0.529. The van der Waals surface area contributed by atoms with Gasteiger partial charge in [-0.1, -0.05) is 0 Å². The summed E-state index contributed by atoms with van der Waals surface area (Å²) in [6, 6.07) is 3.60. The molecule has 0 spiro atoms. The van der Waals surface area contributed by atoms with Crippen molar-refractivity contribution in [3.8, 4) is 5.88 Å². The Morgan fingerprint density at radius 3 is 2.65 bits per heavy atom. The molecule has 0 saturated carbocycles. The van der Waals surface area contributed by atoms with Crippen LogP contribution in [0.1, 0.15) is 41.0 Å². The maximum absolute atomic E-state index is 13.0. The molecule has 1 fully saturated rings. The van der Waals surface area contributed by atoms with E-state index in [-0.39, 0.29) is 11.5 Å². The lowest BCUT2D eigenvalue weighted by molar-refractivity contribution is 0.0648. The van der Waals surface area contributed by atoms with Gasteiger partial charge in [0.15, 0.2) is 0 Å². The number of hydrogen-bond donors (Lipinski definition) is 0. The number of likely N-dealkylation sites (tertiary alicyclic amines) is 1. The zero-order valence-corrected chi connectivity index (χ0v) is 14.7. The van der Waals surface area contributed by atoms with Crippen LogP contribution in [-0.4, -0.2) is 50.5 Å². The summed E-state index contributed by atoms with van der Waals surface area (Å²) in [5, 5.41) is 11.6. The summed E-state index contributed by atoms with van der Waals surface area (Å²) in [5.74, 6) is 0.369. The Kier molecular flexibility index (Phi) is 5.43. The summed E-state index contributed by atoms with van der Waals surface area (Å²) >= 11 is 0. The Bertz CT molecular complexity index is 755. The zero-order chi connectivity index (χ0) is 18.7. The van der Waals surface area contributed by atoms with Gasteiger partial charge < -0.3 is 9.64 Å². The van der Waals surface area contributed by atoms with E-state index in [1.165, 1.54) is 17.9 Å². The van der Waals surface area contributed by atoms with E-state index < -0.39 is 18.0 Å². The van der Waals surface area contributed by atoms with E-state index in [0.29, 0.717) is 25.6 Å². The minimum Gasteiger partial charge on any atom is -0.476 e. The van der Waals surface area contributed by atoms with Crippen molar-refractivity contribution in [2.24, 2.45) is 13.0 Å². The molecule has 0 atom stereocenters. The van der Waals surface area contributed by atoms with Gasteiger partial charge in [-0.25, -0.2) is 8.78 Å². The number of carbonyl (C=O) groups excluding carboxylic acids is 1. The predicted octanol–water partition coefficient (Wildman–Crippen LogP) is 2.39. The van der Waals surface area contributed by atoms with Gasteiger partial charge in [0.05, 0.1) is 17.9 Å². The average molecular weight is 365 g/mol. The highest BCUT2D eigenvalue weighted by Gasteiger charge is 2.29. The Hall–Kier alpha value is -2.58. The van der Waals surface area contributed by atoms with Crippen molar-refractivity contribution in [1.29, 1.82) is 0 Å². The summed E-state index contributed by atoms with van der Waals surface area (Å²) in [6.07, 6.45) is 0.0800. The third-order valence-electron chi connectivity index (χ3n) is 4.44. The minimum absolute atomic E-state index is 0.0212. The van der Waals surface area contributed by atoms with Crippen LogP contribution < -0.4 is 4.74 Å². The lowest BCUT2D eigenvalue weighted by Crippen LogP contribution is -2.40. The molecule has 0 aliphatic carbocycles. The highest BCUT2D eigenvalue weighted by Crippen LogP contribution is 2.25. The van der Waals surface area contributed by atoms with Crippen molar-refractivity contribution < 1.29 is 18.3 Å². The largest absolute Gasteiger partial charge is 0.476 e. The molecular weight excluding hydrogens is 344 g/mol. The van der Waals surface area contributed by atoms with Crippen LogP contribution in [-0.2, 0) is 7.05 Å². The molecule has 26 heavy (non-hydrogen) atoms. The first-order valence-corrected chi connectivity index (χ1v) is 8.48. The fourth-order valence-electron chi connectivity index (χ4n) is 2.97.